The first kappa shape index (κ1) is 16.7. The van der Waals surface area contributed by atoms with Crippen LogP contribution in [0, 0.1) is 17.2 Å². The Labute approximate surface area is 146 Å². The van der Waals surface area contributed by atoms with E-state index in [1.807, 2.05) is 24.3 Å². The number of hydrogen-bond donors (Lipinski definition) is 0. The van der Waals surface area contributed by atoms with Crippen LogP contribution in [0.3, 0.4) is 0 Å². The zero-order valence-electron chi connectivity index (χ0n) is 13.6. The van der Waals surface area contributed by atoms with Crippen LogP contribution in [0.5, 0.6) is 5.75 Å². The highest BCUT2D eigenvalue weighted by Crippen LogP contribution is 2.21. The lowest BCUT2D eigenvalue weighted by atomic mass is 10.2. The summed E-state index contributed by atoms with van der Waals surface area (Å²) in [6.45, 7) is 5.13. The summed E-state index contributed by atoms with van der Waals surface area (Å²) in [7, 11) is 1.64. The van der Waals surface area contributed by atoms with Crippen LogP contribution in [0.4, 0.5) is 0 Å². The van der Waals surface area contributed by atoms with Crippen LogP contribution < -0.4 is 4.74 Å². The predicted octanol–water partition coefficient (Wildman–Crippen LogP) is 2.09. The van der Waals surface area contributed by atoms with Crippen molar-refractivity contribution in [1.82, 2.24) is 19.6 Å². The van der Waals surface area contributed by atoms with Crippen molar-refractivity contribution in [3.63, 3.8) is 0 Å². The number of piperazine rings is 1. The fraction of sp³-hybridized carbons (Fsp3) is 0.412. The lowest BCUT2D eigenvalue weighted by Crippen LogP contribution is -2.46. The van der Waals surface area contributed by atoms with E-state index in [4.69, 9.17) is 27.8 Å². The van der Waals surface area contributed by atoms with Crippen LogP contribution in [0.25, 0.3) is 11.5 Å². The number of nitrogens with zero attached hydrogens (tertiary/aromatic N) is 4. The molecule has 0 N–H and O–H groups in total. The highest BCUT2D eigenvalue weighted by molar-refractivity contribution is 7.71. The molecule has 1 saturated heterocycles. The largest absolute Gasteiger partial charge is 0.497 e. The van der Waals surface area contributed by atoms with Gasteiger partial charge in [0.05, 0.1) is 20.3 Å². The van der Waals surface area contributed by atoms with E-state index in [-0.39, 0.29) is 0 Å². The normalized spacial score (nSPS) is 16.0. The van der Waals surface area contributed by atoms with E-state index in [2.05, 4.69) is 20.8 Å². The number of terminal acetylenes is 1. The van der Waals surface area contributed by atoms with Gasteiger partial charge in [0.2, 0.25) is 5.89 Å². The Balaban J connectivity index is 1.66. The highest BCUT2D eigenvalue weighted by Gasteiger charge is 2.18. The molecular formula is C17H20N4O2S. The van der Waals surface area contributed by atoms with Gasteiger partial charge in [-0.1, -0.05) is 5.92 Å². The van der Waals surface area contributed by atoms with Gasteiger partial charge in [0.15, 0.2) is 0 Å². The summed E-state index contributed by atoms with van der Waals surface area (Å²) < 4.78 is 12.5. The Morgan fingerprint density at radius 3 is 2.50 bits per heavy atom. The Hall–Kier alpha value is -2.14. The van der Waals surface area contributed by atoms with Crippen LogP contribution >= 0.6 is 12.2 Å². The second-order valence-electron chi connectivity index (χ2n) is 5.64. The second-order valence-corrected chi connectivity index (χ2v) is 5.99. The van der Waals surface area contributed by atoms with E-state index in [1.165, 1.54) is 0 Å². The molecule has 6 nitrogen and oxygen atoms in total. The molecule has 2 heterocycles. The van der Waals surface area contributed by atoms with Gasteiger partial charge in [0, 0.05) is 31.7 Å². The lowest BCUT2D eigenvalue weighted by molar-refractivity contribution is 0.110. The van der Waals surface area contributed by atoms with Crippen molar-refractivity contribution in [2.75, 3.05) is 39.8 Å². The Bertz CT molecular complexity index is 767. The molecule has 1 aliphatic heterocycles. The molecule has 0 atom stereocenters. The summed E-state index contributed by atoms with van der Waals surface area (Å²) in [5.74, 6) is 4.00. The van der Waals surface area contributed by atoms with Crippen LogP contribution in [0.1, 0.15) is 0 Å². The highest BCUT2D eigenvalue weighted by atomic mass is 32.1. The third kappa shape index (κ3) is 3.85. The average Bonchev–Trinajstić information content (AvgIpc) is 2.98. The van der Waals surface area contributed by atoms with Crippen molar-refractivity contribution < 1.29 is 9.15 Å². The number of methoxy groups -OCH3 is 1. The summed E-state index contributed by atoms with van der Waals surface area (Å²) >= 11 is 5.30. The summed E-state index contributed by atoms with van der Waals surface area (Å²) in [5, 5.41) is 4.50. The molecule has 0 aliphatic carbocycles. The van der Waals surface area contributed by atoms with Crippen molar-refractivity contribution in [1.29, 1.82) is 0 Å². The van der Waals surface area contributed by atoms with Crippen LogP contribution in [0.2, 0.25) is 0 Å². The molecule has 1 aromatic heterocycles. The number of benzene rings is 1. The van der Waals surface area contributed by atoms with E-state index in [0.29, 0.717) is 23.9 Å². The van der Waals surface area contributed by atoms with E-state index in [1.54, 1.807) is 11.8 Å². The predicted molar refractivity (Wildman–Crippen MR) is 94.2 cm³/mol. The van der Waals surface area contributed by atoms with Crippen LogP contribution in [-0.2, 0) is 6.67 Å². The molecule has 24 heavy (non-hydrogen) atoms. The molecule has 0 saturated carbocycles. The van der Waals surface area contributed by atoms with E-state index >= 15 is 0 Å². The Morgan fingerprint density at radius 2 is 1.88 bits per heavy atom. The minimum absolute atomic E-state index is 0.381. The van der Waals surface area contributed by atoms with Crippen molar-refractivity contribution in [3.8, 4) is 29.5 Å². The maximum Gasteiger partial charge on any atom is 0.288 e. The van der Waals surface area contributed by atoms with Gasteiger partial charge >= 0.3 is 0 Å². The van der Waals surface area contributed by atoms with Gasteiger partial charge in [-0.05, 0) is 36.5 Å². The van der Waals surface area contributed by atoms with Gasteiger partial charge in [-0.25, -0.2) is 4.68 Å². The monoisotopic (exact) mass is 344 g/mol. The fourth-order valence-corrected chi connectivity index (χ4v) is 2.83. The summed E-state index contributed by atoms with van der Waals surface area (Å²) in [6, 6.07) is 7.56. The second kappa shape index (κ2) is 7.62. The maximum absolute atomic E-state index is 5.64. The minimum Gasteiger partial charge on any atom is -0.497 e. The smallest absolute Gasteiger partial charge is 0.288 e. The summed E-state index contributed by atoms with van der Waals surface area (Å²) in [5.41, 5.74) is 0.875. The van der Waals surface area contributed by atoms with Crippen molar-refractivity contribution >= 4 is 12.2 Å². The number of hydrogen-bond acceptors (Lipinski definition) is 6. The van der Waals surface area contributed by atoms with E-state index in [0.717, 1.165) is 37.5 Å². The van der Waals surface area contributed by atoms with E-state index < -0.39 is 0 Å². The van der Waals surface area contributed by atoms with Crippen molar-refractivity contribution in [2.24, 2.45) is 0 Å². The third-order valence-corrected chi connectivity index (χ3v) is 4.35. The lowest BCUT2D eigenvalue weighted by Gasteiger charge is -2.33. The SMILES string of the molecule is C#CCN1CCN(Cn2nc(-c3ccc(OC)cc3)oc2=S)CC1. The third-order valence-electron chi connectivity index (χ3n) is 4.06. The van der Waals surface area contributed by atoms with Crippen LogP contribution in [0.15, 0.2) is 28.7 Å². The molecular weight excluding hydrogens is 324 g/mol. The first-order chi connectivity index (χ1) is 11.7. The summed E-state index contributed by atoms with van der Waals surface area (Å²) in [4.78, 5) is 4.94. The quantitative estimate of drug-likeness (QED) is 0.611. The Morgan fingerprint density at radius 1 is 1.21 bits per heavy atom. The molecule has 0 unspecified atom stereocenters. The fourth-order valence-electron chi connectivity index (χ4n) is 2.65. The van der Waals surface area contributed by atoms with Gasteiger partial charge < -0.3 is 9.15 Å². The first-order valence-electron chi connectivity index (χ1n) is 7.80. The minimum atomic E-state index is 0.381. The van der Waals surface area contributed by atoms with Crippen molar-refractivity contribution in [2.45, 2.75) is 6.67 Å². The Kier molecular flexibility index (Phi) is 5.30. The van der Waals surface area contributed by atoms with Gasteiger partial charge in [0.25, 0.3) is 4.84 Å². The maximum atomic E-state index is 5.64. The first-order valence-corrected chi connectivity index (χ1v) is 8.21. The number of aromatic nitrogens is 2. The standard InChI is InChI=1S/C17H20N4O2S/c1-3-8-19-9-11-20(12-10-19)13-21-17(24)23-16(18-21)14-4-6-15(22-2)7-5-14/h1,4-7H,8-13H2,2H3. The molecule has 0 bridgehead atoms. The summed E-state index contributed by atoms with van der Waals surface area (Å²) in [6.07, 6.45) is 5.36. The van der Waals surface area contributed by atoms with E-state index in [9.17, 15) is 0 Å². The molecule has 0 spiro atoms. The topological polar surface area (TPSA) is 46.7 Å². The van der Waals surface area contributed by atoms with Gasteiger partial charge in [-0.3, -0.25) is 9.80 Å². The van der Waals surface area contributed by atoms with Crippen LogP contribution in [-0.4, -0.2) is 59.4 Å². The molecule has 1 fully saturated rings. The molecule has 0 amide bonds. The van der Waals surface area contributed by atoms with Gasteiger partial charge in [0.1, 0.15) is 5.75 Å². The van der Waals surface area contributed by atoms with Crippen molar-refractivity contribution in [3.05, 3.63) is 29.1 Å². The average molecular weight is 344 g/mol. The molecule has 1 aliphatic rings. The number of rotatable bonds is 5. The molecule has 126 valence electrons. The molecule has 0 radical (unpaired) electrons. The molecule has 3 rings (SSSR count). The van der Waals surface area contributed by atoms with Gasteiger partial charge in [-0.15, -0.1) is 11.5 Å². The molecule has 7 heteroatoms. The number of ether oxygens (including phenoxy) is 1. The molecule has 2 aromatic rings. The zero-order valence-corrected chi connectivity index (χ0v) is 14.5. The van der Waals surface area contributed by atoms with Gasteiger partial charge in [-0.2, -0.15) is 0 Å². The molecule has 1 aromatic carbocycles. The zero-order chi connectivity index (χ0) is 16.9.